The Morgan fingerprint density at radius 2 is 2.32 bits per heavy atom. The van der Waals surface area contributed by atoms with Gasteiger partial charge in [0, 0.05) is 5.69 Å². The minimum atomic E-state index is -0.529. The van der Waals surface area contributed by atoms with Crippen LogP contribution >= 0.6 is 11.6 Å². The van der Waals surface area contributed by atoms with Gasteiger partial charge in [-0.3, -0.25) is 4.79 Å². The summed E-state index contributed by atoms with van der Waals surface area (Å²) in [7, 11) is 0. The molecule has 1 aromatic carbocycles. The van der Waals surface area contributed by atoms with E-state index in [2.05, 4.69) is 10.6 Å². The number of nitriles is 1. The van der Waals surface area contributed by atoms with Crippen LogP contribution in [0.25, 0.3) is 0 Å². The molecule has 1 aliphatic rings. The fourth-order valence-electron chi connectivity index (χ4n) is 2.20. The van der Waals surface area contributed by atoms with Gasteiger partial charge in [0.25, 0.3) is 0 Å². The van der Waals surface area contributed by atoms with Gasteiger partial charge in [-0.25, -0.2) is 0 Å². The van der Waals surface area contributed by atoms with Crippen molar-refractivity contribution in [2.45, 2.75) is 31.7 Å². The molecule has 0 aliphatic carbocycles. The molecule has 0 aromatic heterocycles. The number of anilines is 1. The standard InChI is InChI=1S/C14H16ClN3O/c1-14(6-2-3-7-17-14)13(19)18-11-5-4-10(9-16)12(15)8-11/h4-5,8,17H,2-3,6-7H2,1H3,(H,18,19). The van der Waals surface area contributed by atoms with E-state index < -0.39 is 5.54 Å². The van der Waals surface area contributed by atoms with Crippen LogP contribution in [-0.2, 0) is 4.79 Å². The zero-order valence-corrected chi connectivity index (χ0v) is 11.5. The first kappa shape index (κ1) is 13.9. The van der Waals surface area contributed by atoms with Gasteiger partial charge >= 0.3 is 0 Å². The van der Waals surface area contributed by atoms with Crippen LogP contribution in [0.2, 0.25) is 5.02 Å². The molecule has 0 spiro atoms. The fraction of sp³-hybridized carbons (Fsp3) is 0.429. The van der Waals surface area contributed by atoms with E-state index in [0.29, 0.717) is 16.3 Å². The summed E-state index contributed by atoms with van der Waals surface area (Å²) in [6, 6.07) is 6.89. The van der Waals surface area contributed by atoms with E-state index in [4.69, 9.17) is 16.9 Å². The van der Waals surface area contributed by atoms with Crippen molar-refractivity contribution in [1.82, 2.24) is 5.32 Å². The molecule has 100 valence electrons. The molecule has 1 unspecified atom stereocenters. The summed E-state index contributed by atoms with van der Waals surface area (Å²) in [4.78, 5) is 12.3. The summed E-state index contributed by atoms with van der Waals surface area (Å²) in [5.41, 5.74) is 0.489. The summed E-state index contributed by atoms with van der Waals surface area (Å²) in [5.74, 6) is -0.0621. The van der Waals surface area contributed by atoms with Gasteiger partial charge in [-0.1, -0.05) is 11.6 Å². The number of halogens is 1. The highest BCUT2D eigenvalue weighted by Gasteiger charge is 2.34. The molecule has 5 heteroatoms. The molecule has 0 saturated carbocycles. The van der Waals surface area contributed by atoms with Gasteiger partial charge < -0.3 is 10.6 Å². The number of rotatable bonds is 2. The first-order valence-electron chi connectivity index (χ1n) is 6.31. The van der Waals surface area contributed by atoms with E-state index in [1.807, 2.05) is 13.0 Å². The van der Waals surface area contributed by atoms with Gasteiger partial charge in [-0.15, -0.1) is 0 Å². The molecular weight excluding hydrogens is 262 g/mol. The Hall–Kier alpha value is -1.57. The molecule has 1 amide bonds. The van der Waals surface area contributed by atoms with Crippen LogP contribution in [0.3, 0.4) is 0 Å². The predicted octanol–water partition coefficient (Wildman–Crippen LogP) is 2.68. The molecule has 4 nitrogen and oxygen atoms in total. The summed E-state index contributed by atoms with van der Waals surface area (Å²) >= 11 is 5.94. The number of benzene rings is 1. The van der Waals surface area contributed by atoms with Crippen molar-refractivity contribution in [2.75, 3.05) is 11.9 Å². The van der Waals surface area contributed by atoms with Crippen LogP contribution in [0.4, 0.5) is 5.69 Å². The lowest BCUT2D eigenvalue weighted by Gasteiger charge is -2.33. The maximum Gasteiger partial charge on any atom is 0.244 e. The Labute approximate surface area is 117 Å². The second-order valence-electron chi connectivity index (χ2n) is 4.98. The van der Waals surface area contributed by atoms with Gasteiger partial charge in [0.05, 0.1) is 16.1 Å². The smallest absolute Gasteiger partial charge is 0.244 e. The van der Waals surface area contributed by atoms with Gasteiger partial charge in [0.1, 0.15) is 6.07 Å². The first-order valence-corrected chi connectivity index (χ1v) is 6.69. The highest BCUT2D eigenvalue weighted by molar-refractivity contribution is 6.32. The molecule has 0 bridgehead atoms. The van der Waals surface area contributed by atoms with E-state index in [0.717, 1.165) is 25.8 Å². The van der Waals surface area contributed by atoms with Crippen molar-refractivity contribution >= 4 is 23.2 Å². The molecule has 1 saturated heterocycles. The van der Waals surface area contributed by atoms with Crippen molar-refractivity contribution in [3.8, 4) is 6.07 Å². The number of carbonyl (C=O) groups excluding carboxylic acids is 1. The third-order valence-corrected chi connectivity index (χ3v) is 3.78. The molecule has 0 radical (unpaired) electrons. The molecule has 1 aromatic rings. The van der Waals surface area contributed by atoms with E-state index in [1.165, 1.54) is 0 Å². The van der Waals surface area contributed by atoms with Crippen LogP contribution in [0.15, 0.2) is 18.2 Å². The minimum absolute atomic E-state index is 0.0621. The van der Waals surface area contributed by atoms with E-state index in [1.54, 1.807) is 18.2 Å². The van der Waals surface area contributed by atoms with E-state index in [-0.39, 0.29) is 5.91 Å². The fourth-order valence-corrected chi connectivity index (χ4v) is 2.43. The average molecular weight is 278 g/mol. The molecule has 2 rings (SSSR count). The molecule has 1 aliphatic heterocycles. The summed E-state index contributed by atoms with van der Waals surface area (Å²) in [6.45, 7) is 2.77. The van der Waals surface area contributed by atoms with Crippen LogP contribution in [-0.4, -0.2) is 18.0 Å². The zero-order valence-electron chi connectivity index (χ0n) is 10.8. The van der Waals surface area contributed by atoms with Gasteiger partial charge in [-0.05, 0) is 50.9 Å². The van der Waals surface area contributed by atoms with E-state index >= 15 is 0 Å². The minimum Gasteiger partial charge on any atom is -0.324 e. The lowest BCUT2D eigenvalue weighted by molar-refractivity contribution is -0.122. The summed E-state index contributed by atoms with van der Waals surface area (Å²) in [5, 5.41) is 15.3. The van der Waals surface area contributed by atoms with Crippen LogP contribution in [0, 0.1) is 11.3 Å². The lowest BCUT2D eigenvalue weighted by atomic mass is 9.90. The summed E-state index contributed by atoms with van der Waals surface area (Å²) < 4.78 is 0. The Morgan fingerprint density at radius 1 is 1.53 bits per heavy atom. The largest absolute Gasteiger partial charge is 0.324 e. The number of amides is 1. The zero-order chi connectivity index (χ0) is 13.9. The number of piperidine rings is 1. The van der Waals surface area contributed by atoms with Crippen LogP contribution in [0.5, 0.6) is 0 Å². The molecule has 1 fully saturated rings. The average Bonchev–Trinajstić information content (AvgIpc) is 2.40. The number of hydrogen-bond donors (Lipinski definition) is 2. The maximum absolute atomic E-state index is 12.3. The topological polar surface area (TPSA) is 64.9 Å². The highest BCUT2D eigenvalue weighted by Crippen LogP contribution is 2.23. The highest BCUT2D eigenvalue weighted by atomic mass is 35.5. The van der Waals surface area contributed by atoms with Crippen molar-refractivity contribution in [3.63, 3.8) is 0 Å². The maximum atomic E-state index is 12.3. The first-order chi connectivity index (χ1) is 9.05. The lowest BCUT2D eigenvalue weighted by Crippen LogP contribution is -2.54. The Bertz CT molecular complexity index is 530. The molecular formula is C14H16ClN3O. The summed E-state index contributed by atoms with van der Waals surface area (Å²) in [6.07, 6.45) is 2.97. The molecule has 1 heterocycles. The second-order valence-corrected chi connectivity index (χ2v) is 5.38. The third-order valence-electron chi connectivity index (χ3n) is 3.47. The molecule has 2 N–H and O–H groups in total. The van der Waals surface area contributed by atoms with Crippen LogP contribution in [0.1, 0.15) is 31.7 Å². The Balaban J connectivity index is 2.10. The Kier molecular flexibility index (Phi) is 4.08. The second kappa shape index (κ2) is 5.60. The third kappa shape index (κ3) is 3.06. The van der Waals surface area contributed by atoms with Gasteiger partial charge in [0.15, 0.2) is 0 Å². The van der Waals surface area contributed by atoms with Crippen molar-refractivity contribution in [3.05, 3.63) is 28.8 Å². The SMILES string of the molecule is CC1(C(=O)Nc2ccc(C#N)c(Cl)c2)CCCCN1. The normalized spacial score (nSPS) is 22.6. The number of nitrogens with zero attached hydrogens (tertiary/aromatic N) is 1. The molecule has 1 atom stereocenters. The van der Waals surface area contributed by atoms with Gasteiger partial charge in [-0.2, -0.15) is 5.26 Å². The predicted molar refractivity (Wildman–Crippen MR) is 75.1 cm³/mol. The van der Waals surface area contributed by atoms with Crippen molar-refractivity contribution in [1.29, 1.82) is 5.26 Å². The number of carbonyl (C=O) groups is 1. The van der Waals surface area contributed by atoms with Crippen molar-refractivity contribution < 1.29 is 4.79 Å². The Morgan fingerprint density at radius 3 is 2.89 bits per heavy atom. The van der Waals surface area contributed by atoms with E-state index in [9.17, 15) is 4.79 Å². The number of nitrogens with one attached hydrogen (secondary N) is 2. The van der Waals surface area contributed by atoms with Crippen molar-refractivity contribution in [2.24, 2.45) is 0 Å². The quantitative estimate of drug-likeness (QED) is 0.873. The molecule has 19 heavy (non-hydrogen) atoms. The van der Waals surface area contributed by atoms with Crippen LogP contribution < -0.4 is 10.6 Å². The number of hydrogen-bond acceptors (Lipinski definition) is 3. The monoisotopic (exact) mass is 277 g/mol. The van der Waals surface area contributed by atoms with Gasteiger partial charge in [0.2, 0.25) is 5.91 Å².